The summed E-state index contributed by atoms with van der Waals surface area (Å²) in [7, 11) is -3.45. The molecule has 158 valence electrons. The van der Waals surface area contributed by atoms with E-state index in [9.17, 15) is 8.42 Å². The minimum Gasteiger partial charge on any atom is -0.494 e. The summed E-state index contributed by atoms with van der Waals surface area (Å²) in [6, 6.07) is 6.66. The lowest BCUT2D eigenvalue weighted by Gasteiger charge is -2.27. The molecule has 1 fully saturated rings. The minimum atomic E-state index is -3.45. The molecule has 0 spiro atoms. The molecule has 1 heterocycles. The van der Waals surface area contributed by atoms with Gasteiger partial charge in [0, 0.05) is 32.7 Å². The summed E-state index contributed by atoms with van der Waals surface area (Å²) in [6.07, 6.45) is 4.13. The first kappa shape index (κ1) is 26.4. The molecule has 6 nitrogen and oxygen atoms in total. The lowest BCUT2D eigenvalue weighted by atomic mass is 10.3. The first-order chi connectivity index (χ1) is 12.1. The maximum absolute atomic E-state index is 12.3. The molecular formula is C18H33Cl2N3O3S. The van der Waals surface area contributed by atoms with Gasteiger partial charge in [-0.2, -0.15) is 0 Å². The molecular weight excluding hydrogens is 409 g/mol. The smallest absolute Gasteiger partial charge is 0.240 e. The number of halogens is 2. The normalized spacial score (nSPS) is 14.9. The van der Waals surface area contributed by atoms with E-state index < -0.39 is 10.0 Å². The fourth-order valence-corrected chi connectivity index (χ4v) is 3.86. The van der Waals surface area contributed by atoms with E-state index in [0.29, 0.717) is 18.9 Å². The molecule has 1 aliphatic rings. The Hall–Kier alpha value is -0.570. The molecule has 0 bridgehead atoms. The lowest BCUT2D eigenvalue weighted by molar-refractivity contribution is 0.239. The van der Waals surface area contributed by atoms with Gasteiger partial charge in [-0.1, -0.05) is 19.8 Å². The third kappa shape index (κ3) is 9.96. The van der Waals surface area contributed by atoms with Crippen molar-refractivity contribution >= 4 is 34.8 Å². The highest BCUT2D eigenvalue weighted by Crippen LogP contribution is 2.16. The van der Waals surface area contributed by atoms with Gasteiger partial charge in [0.1, 0.15) is 5.75 Å². The van der Waals surface area contributed by atoms with Crippen molar-refractivity contribution in [1.29, 1.82) is 0 Å². The van der Waals surface area contributed by atoms with Gasteiger partial charge in [0.25, 0.3) is 0 Å². The number of rotatable bonds is 11. The molecule has 0 radical (unpaired) electrons. The Balaban J connectivity index is 0.00000338. The topological polar surface area (TPSA) is 70.7 Å². The molecule has 0 amide bonds. The lowest BCUT2D eigenvalue weighted by Crippen LogP contribution is -2.44. The Morgan fingerprint density at radius 3 is 2.37 bits per heavy atom. The Morgan fingerprint density at radius 1 is 1.07 bits per heavy atom. The molecule has 1 aromatic carbocycles. The van der Waals surface area contributed by atoms with Crippen molar-refractivity contribution in [1.82, 2.24) is 14.9 Å². The number of hydrogen-bond donors (Lipinski definition) is 2. The van der Waals surface area contributed by atoms with E-state index in [1.165, 1.54) is 0 Å². The molecule has 1 aromatic rings. The van der Waals surface area contributed by atoms with E-state index in [0.717, 1.165) is 58.4 Å². The van der Waals surface area contributed by atoms with Gasteiger partial charge in [-0.05, 0) is 43.7 Å². The molecule has 0 saturated carbocycles. The van der Waals surface area contributed by atoms with Gasteiger partial charge >= 0.3 is 0 Å². The largest absolute Gasteiger partial charge is 0.494 e. The average Bonchev–Trinajstić information content (AvgIpc) is 2.64. The van der Waals surface area contributed by atoms with Crippen molar-refractivity contribution in [2.45, 2.75) is 37.5 Å². The number of benzene rings is 1. The summed E-state index contributed by atoms with van der Waals surface area (Å²) in [5, 5.41) is 3.31. The van der Waals surface area contributed by atoms with Crippen LogP contribution in [-0.4, -0.2) is 59.2 Å². The minimum absolute atomic E-state index is 0. The van der Waals surface area contributed by atoms with Crippen LogP contribution in [-0.2, 0) is 10.0 Å². The second-order valence-electron chi connectivity index (χ2n) is 6.37. The number of nitrogens with zero attached hydrogens (tertiary/aromatic N) is 1. The first-order valence-corrected chi connectivity index (χ1v) is 10.8. The SMILES string of the molecule is CCCCCOc1ccc(S(=O)(=O)NCCCN2CCNCC2)cc1.Cl.Cl. The van der Waals surface area contributed by atoms with Crippen LogP contribution in [0.1, 0.15) is 32.6 Å². The van der Waals surface area contributed by atoms with Crippen molar-refractivity contribution in [3.63, 3.8) is 0 Å². The van der Waals surface area contributed by atoms with Crippen LogP contribution in [0, 0.1) is 0 Å². The zero-order valence-electron chi connectivity index (χ0n) is 16.0. The second kappa shape index (κ2) is 14.4. The standard InChI is InChI=1S/C18H31N3O3S.2ClH/c1-2-3-4-16-24-17-6-8-18(9-7-17)25(22,23)20-10-5-13-21-14-11-19-12-15-21;;/h6-9,19-20H,2-5,10-16H2,1H3;2*1H. The van der Waals surface area contributed by atoms with Crippen molar-refractivity contribution in [3.8, 4) is 5.75 Å². The Bertz CT molecular complexity index is 594. The molecule has 2 rings (SSSR count). The predicted octanol–water partition coefficient (Wildman–Crippen LogP) is 2.67. The number of piperazine rings is 1. The zero-order valence-corrected chi connectivity index (χ0v) is 18.4. The molecule has 9 heteroatoms. The molecule has 0 atom stereocenters. The van der Waals surface area contributed by atoms with Crippen molar-refractivity contribution in [2.75, 3.05) is 45.9 Å². The Kier molecular flexibility index (Phi) is 14.1. The first-order valence-electron chi connectivity index (χ1n) is 9.27. The summed E-state index contributed by atoms with van der Waals surface area (Å²) in [5.41, 5.74) is 0. The third-order valence-electron chi connectivity index (χ3n) is 4.30. The summed E-state index contributed by atoms with van der Waals surface area (Å²) in [4.78, 5) is 2.64. The van der Waals surface area contributed by atoms with E-state index in [4.69, 9.17) is 4.74 Å². The third-order valence-corrected chi connectivity index (χ3v) is 5.78. The van der Waals surface area contributed by atoms with E-state index >= 15 is 0 Å². The van der Waals surface area contributed by atoms with E-state index in [1.807, 2.05) is 0 Å². The second-order valence-corrected chi connectivity index (χ2v) is 8.14. The van der Waals surface area contributed by atoms with Gasteiger partial charge in [-0.15, -0.1) is 24.8 Å². The highest BCUT2D eigenvalue weighted by atomic mass is 35.5. The van der Waals surface area contributed by atoms with Crippen molar-refractivity contribution in [2.24, 2.45) is 0 Å². The van der Waals surface area contributed by atoms with E-state index in [-0.39, 0.29) is 29.7 Å². The van der Waals surface area contributed by atoms with Gasteiger partial charge in [-0.25, -0.2) is 13.1 Å². The van der Waals surface area contributed by atoms with Crippen LogP contribution in [0.3, 0.4) is 0 Å². The maximum Gasteiger partial charge on any atom is 0.240 e. The fraction of sp³-hybridized carbons (Fsp3) is 0.667. The van der Waals surface area contributed by atoms with Crippen LogP contribution < -0.4 is 14.8 Å². The number of nitrogens with one attached hydrogen (secondary N) is 2. The number of ether oxygens (including phenoxy) is 1. The monoisotopic (exact) mass is 441 g/mol. The van der Waals surface area contributed by atoms with Crippen LogP contribution >= 0.6 is 24.8 Å². The molecule has 2 N–H and O–H groups in total. The van der Waals surface area contributed by atoms with Gasteiger partial charge in [0.05, 0.1) is 11.5 Å². The maximum atomic E-state index is 12.3. The van der Waals surface area contributed by atoms with Crippen molar-refractivity contribution < 1.29 is 13.2 Å². The van der Waals surface area contributed by atoms with Crippen molar-refractivity contribution in [3.05, 3.63) is 24.3 Å². The molecule has 0 unspecified atom stereocenters. The number of sulfonamides is 1. The highest BCUT2D eigenvalue weighted by Gasteiger charge is 2.14. The summed E-state index contributed by atoms with van der Waals surface area (Å²) in [5.74, 6) is 0.716. The average molecular weight is 442 g/mol. The molecule has 1 saturated heterocycles. The van der Waals surface area contributed by atoms with Crippen LogP contribution in [0.4, 0.5) is 0 Å². The Labute approximate surface area is 176 Å². The van der Waals surface area contributed by atoms with Crippen LogP contribution in [0.25, 0.3) is 0 Å². The predicted molar refractivity (Wildman–Crippen MR) is 115 cm³/mol. The number of unbranched alkanes of at least 4 members (excludes halogenated alkanes) is 2. The van der Waals surface area contributed by atoms with E-state index in [2.05, 4.69) is 21.9 Å². The molecule has 0 aromatic heterocycles. The number of hydrogen-bond acceptors (Lipinski definition) is 5. The molecule has 0 aliphatic carbocycles. The molecule has 27 heavy (non-hydrogen) atoms. The summed E-state index contributed by atoms with van der Waals surface area (Å²) < 4.78 is 32.9. The van der Waals surface area contributed by atoms with E-state index in [1.54, 1.807) is 24.3 Å². The highest BCUT2D eigenvalue weighted by molar-refractivity contribution is 7.89. The van der Waals surface area contributed by atoms with Gasteiger partial charge in [0.2, 0.25) is 10.0 Å². The summed E-state index contributed by atoms with van der Waals surface area (Å²) in [6.45, 7) is 8.30. The Morgan fingerprint density at radius 2 is 1.74 bits per heavy atom. The van der Waals surface area contributed by atoms with Gasteiger partial charge in [-0.3, -0.25) is 0 Å². The quantitative estimate of drug-likeness (QED) is 0.516. The fourth-order valence-electron chi connectivity index (χ4n) is 2.78. The zero-order chi connectivity index (χ0) is 18.0. The van der Waals surface area contributed by atoms with Crippen LogP contribution in [0.15, 0.2) is 29.2 Å². The summed E-state index contributed by atoms with van der Waals surface area (Å²) >= 11 is 0. The van der Waals surface area contributed by atoms with Gasteiger partial charge < -0.3 is 15.0 Å². The van der Waals surface area contributed by atoms with Crippen LogP contribution in [0.5, 0.6) is 5.75 Å². The van der Waals surface area contributed by atoms with Gasteiger partial charge in [0.15, 0.2) is 0 Å². The van der Waals surface area contributed by atoms with Crippen LogP contribution in [0.2, 0.25) is 0 Å². The molecule has 1 aliphatic heterocycles.